The molecule has 1 N–H and O–H groups in total. The number of rotatable bonds is 3. The van der Waals surface area contributed by atoms with E-state index >= 15 is 0 Å². The van der Waals surface area contributed by atoms with E-state index in [1.165, 1.54) is 10.8 Å². The number of benzene rings is 1. The number of halogens is 2. The summed E-state index contributed by atoms with van der Waals surface area (Å²) in [7, 11) is 0. The van der Waals surface area contributed by atoms with E-state index in [-0.39, 0.29) is 5.82 Å². The Morgan fingerprint density at radius 1 is 1.33 bits per heavy atom. The second-order valence-corrected chi connectivity index (χ2v) is 4.01. The average Bonchev–Trinajstić information content (AvgIpc) is 2.74. The van der Waals surface area contributed by atoms with Crippen molar-refractivity contribution >= 4 is 35.2 Å². The molecule has 0 aliphatic carbocycles. The van der Waals surface area contributed by atoms with Crippen LogP contribution in [0.3, 0.4) is 0 Å². The first-order chi connectivity index (χ1) is 8.59. The maximum Gasteiger partial charge on any atom is 0.328 e. The molecule has 2 rings (SSSR count). The summed E-state index contributed by atoms with van der Waals surface area (Å²) in [6, 6.07) is 4.95. The highest BCUT2D eigenvalue weighted by atomic mass is 35.5. The predicted molar refractivity (Wildman–Crippen MR) is 65.8 cm³/mol. The minimum atomic E-state index is -1.10. The summed E-state index contributed by atoms with van der Waals surface area (Å²) in [5.74, 6) is -0.887. The van der Waals surface area contributed by atoms with E-state index in [2.05, 4.69) is 15.5 Å². The Morgan fingerprint density at radius 2 is 2.00 bits per heavy atom. The molecular weight excluding hydrogens is 279 g/mol. The number of nitrogens with zero attached hydrogens (tertiary/aromatic N) is 4. The molecule has 1 aromatic carbocycles. The number of aromatic nitrogens is 4. The number of tetrazole rings is 1. The highest BCUT2D eigenvalue weighted by molar-refractivity contribution is 6.37. The number of carboxylic acids is 1. The highest BCUT2D eigenvalue weighted by Gasteiger charge is 2.13. The van der Waals surface area contributed by atoms with Gasteiger partial charge in [-0.3, -0.25) is 0 Å². The lowest BCUT2D eigenvalue weighted by molar-refractivity contribution is -0.131. The summed E-state index contributed by atoms with van der Waals surface area (Å²) in [6.45, 7) is 0. The molecule has 1 heterocycles. The first-order valence-corrected chi connectivity index (χ1v) is 5.49. The lowest BCUT2D eigenvalue weighted by Gasteiger charge is -2.06. The zero-order valence-electron chi connectivity index (χ0n) is 8.79. The van der Waals surface area contributed by atoms with Crippen molar-refractivity contribution in [3.63, 3.8) is 0 Å². The third kappa shape index (κ3) is 2.49. The Morgan fingerprint density at radius 3 is 2.61 bits per heavy atom. The molecule has 0 spiro atoms. The second kappa shape index (κ2) is 5.16. The maximum absolute atomic E-state index is 10.5. The highest BCUT2D eigenvalue weighted by Crippen LogP contribution is 2.28. The van der Waals surface area contributed by atoms with Crippen LogP contribution >= 0.6 is 23.2 Å². The van der Waals surface area contributed by atoms with Gasteiger partial charge in [-0.05, 0) is 28.6 Å². The Kier molecular flexibility index (Phi) is 3.59. The Labute approximate surface area is 111 Å². The van der Waals surface area contributed by atoms with Crippen LogP contribution in [-0.4, -0.2) is 31.3 Å². The van der Waals surface area contributed by atoms with Gasteiger partial charge in [0.1, 0.15) is 5.69 Å². The molecule has 0 amide bonds. The number of para-hydroxylation sites is 1. The van der Waals surface area contributed by atoms with E-state index in [1.54, 1.807) is 18.2 Å². The van der Waals surface area contributed by atoms with Crippen molar-refractivity contribution in [1.82, 2.24) is 20.2 Å². The lowest BCUT2D eigenvalue weighted by Crippen LogP contribution is -2.02. The van der Waals surface area contributed by atoms with Crippen molar-refractivity contribution in [2.45, 2.75) is 0 Å². The fourth-order valence-electron chi connectivity index (χ4n) is 1.29. The third-order valence-corrected chi connectivity index (χ3v) is 2.63. The molecule has 18 heavy (non-hydrogen) atoms. The van der Waals surface area contributed by atoms with E-state index in [9.17, 15) is 4.79 Å². The standard InChI is InChI=1S/C10H6Cl2N4O2/c11-6-2-1-3-7(12)10(6)16-8(13-14-15-16)4-5-9(17)18/h1-5H,(H,17,18)/b5-4+. The van der Waals surface area contributed by atoms with Crippen molar-refractivity contribution in [2.24, 2.45) is 0 Å². The minimum Gasteiger partial charge on any atom is -0.478 e. The van der Waals surface area contributed by atoms with Gasteiger partial charge in [-0.1, -0.05) is 29.3 Å². The molecule has 0 bridgehead atoms. The van der Waals surface area contributed by atoms with Gasteiger partial charge in [0.2, 0.25) is 0 Å². The number of aliphatic carboxylic acids is 1. The van der Waals surface area contributed by atoms with Crippen molar-refractivity contribution in [3.8, 4) is 5.69 Å². The predicted octanol–water partition coefficient (Wildman–Crippen LogP) is 2.07. The quantitative estimate of drug-likeness (QED) is 0.873. The van der Waals surface area contributed by atoms with E-state index < -0.39 is 5.97 Å². The van der Waals surface area contributed by atoms with E-state index in [4.69, 9.17) is 28.3 Å². The van der Waals surface area contributed by atoms with Gasteiger partial charge in [0.05, 0.1) is 10.0 Å². The van der Waals surface area contributed by atoms with Gasteiger partial charge in [-0.25, -0.2) is 4.79 Å². The van der Waals surface area contributed by atoms with E-state index in [0.717, 1.165) is 6.08 Å². The van der Waals surface area contributed by atoms with Gasteiger partial charge in [-0.15, -0.1) is 5.10 Å². The molecule has 0 unspecified atom stereocenters. The average molecular weight is 285 g/mol. The first-order valence-electron chi connectivity index (χ1n) is 4.73. The number of hydrogen-bond acceptors (Lipinski definition) is 4. The van der Waals surface area contributed by atoms with Gasteiger partial charge in [0.25, 0.3) is 0 Å². The summed E-state index contributed by atoms with van der Waals surface area (Å²) in [5, 5.41) is 20.2. The lowest BCUT2D eigenvalue weighted by atomic mass is 10.3. The smallest absolute Gasteiger partial charge is 0.328 e. The molecule has 0 saturated heterocycles. The molecule has 2 aromatic rings. The number of hydrogen-bond donors (Lipinski definition) is 1. The van der Waals surface area contributed by atoms with E-state index in [0.29, 0.717) is 15.7 Å². The Bertz CT molecular complexity index is 604. The minimum absolute atomic E-state index is 0.215. The van der Waals surface area contributed by atoms with Crippen LogP contribution in [-0.2, 0) is 4.79 Å². The van der Waals surface area contributed by atoms with Gasteiger partial charge in [0.15, 0.2) is 5.82 Å². The summed E-state index contributed by atoms with van der Waals surface area (Å²) in [5.41, 5.74) is 0.399. The molecule has 0 saturated carbocycles. The van der Waals surface area contributed by atoms with Crippen LogP contribution in [0.4, 0.5) is 0 Å². The summed E-state index contributed by atoms with van der Waals surface area (Å²) < 4.78 is 1.27. The fraction of sp³-hybridized carbons (Fsp3) is 0. The zero-order chi connectivity index (χ0) is 13.1. The molecule has 1 aromatic heterocycles. The maximum atomic E-state index is 10.5. The molecule has 0 fully saturated rings. The first kappa shape index (κ1) is 12.5. The SMILES string of the molecule is O=C(O)/C=C/c1nnnn1-c1c(Cl)cccc1Cl. The third-order valence-electron chi connectivity index (χ3n) is 2.02. The van der Waals surface area contributed by atoms with Crippen molar-refractivity contribution in [2.75, 3.05) is 0 Å². The Balaban J connectivity index is 2.52. The van der Waals surface area contributed by atoms with Gasteiger partial charge in [0, 0.05) is 6.08 Å². The van der Waals surface area contributed by atoms with Gasteiger partial charge in [-0.2, -0.15) is 4.68 Å². The summed E-state index contributed by atoms with van der Waals surface area (Å²) in [4.78, 5) is 10.5. The molecular formula is C10H6Cl2N4O2. The molecule has 0 radical (unpaired) electrons. The van der Waals surface area contributed by atoms with Crippen LogP contribution in [0, 0.1) is 0 Å². The van der Waals surface area contributed by atoms with Crippen LogP contribution in [0.25, 0.3) is 11.8 Å². The Hall–Kier alpha value is -1.92. The largest absolute Gasteiger partial charge is 0.478 e. The monoisotopic (exact) mass is 284 g/mol. The molecule has 8 heteroatoms. The van der Waals surface area contributed by atoms with Crippen molar-refractivity contribution in [3.05, 3.63) is 40.1 Å². The van der Waals surface area contributed by atoms with Crippen LogP contribution in [0.2, 0.25) is 10.0 Å². The van der Waals surface area contributed by atoms with Gasteiger partial charge >= 0.3 is 5.97 Å². The topological polar surface area (TPSA) is 80.9 Å². The molecule has 0 aliphatic heterocycles. The molecule has 0 aliphatic rings. The normalized spacial score (nSPS) is 11.0. The van der Waals surface area contributed by atoms with Gasteiger partial charge < -0.3 is 5.11 Å². The number of carbonyl (C=O) groups is 1. The summed E-state index contributed by atoms with van der Waals surface area (Å²) in [6.07, 6.45) is 2.18. The fourth-order valence-corrected chi connectivity index (χ4v) is 1.85. The van der Waals surface area contributed by atoms with Crippen molar-refractivity contribution in [1.29, 1.82) is 0 Å². The van der Waals surface area contributed by atoms with Crippen LogP contribution in [0.1, 0.15) is 5.82 Å². The number of carboxylic acid groups (broad SMARTS) is 1. The van der Waals surface area contributed by atoms with Crippen molar-refractivity contribution < 1.29 is 9.90 Å². The molecule has 6 nitrogen and oxygen atoms in total. The second-order valence-electron chi connectivity index (χ2n) is 3.19. The van der Waals surface area contributed by atoms with Crippen LogP contribution < -0.4 is 0 Å². The van der Waals surface area contributed by atoms with Crippen LogP contribution in [0.5, 0.6) is 0 Å². The summed E-state index contributed by atoms with van der Waals surface area (Å²) >= 11 is 12.0. The van der Waals surface area contributed by atoms with E-state index in [1.807, 2.05) is 0 Å². The molecule has 92 valence electrons. The molecule has 0 atom stereocenters. The van der Waals surface area contributed by atoms with Crippen LogP contribution in [0.15, 0.2) is 24.3 Å². The zero-order valence-corrected chi connectivity index (χ0v) is 10.3.